The smallest absolute Gasteiger partial charge is 0.309 e. The molecule has 3 heteroatoms. The fraction of sp³-hybridized carbons (Fsp3) is 0.471. The third-order valence-corrected chi connectivity index (χ3v) is 4.23. The highest BCUT2D eigenvalue weighted by Gasteiger charge is 2.51. The van der Waals surface area contributed by atoms with Crippen molar-refractivity contribution in [3.63, 3.8) is 0 Å². The predicted octanol–water partition coefficient (Wildman–Crippen LogP) is 3.07. The lowest BCUT2D eigenvalue weighted by Crippen LogP contribution is -2.31. The second-order valence-electron chi connectivity index (χ2n) is 5.51. The van der Waals surface area contributed by atoms with Crippen LogP contribution in [0.25, 0.3) is 0 Å². The average molecular weight is 272 g/mol. The number of rotatable bonds is 4. The van der Waals surface area contributed by atoms with Gasteiger partial charge in [-0.05, 0) is 31.2 Å². The highest BCUT2D eigenvalue weighted by Crippen LogP contribution is 2.47. The first kappa shape index (κ1) is 13.4. The Balaban J connectivity index is 1.73. The first-order valence-electron chi connectivity index (χ1n) is 7.27. The lowest BCUT2D eigenvalue weighted by molar-refractivity contribution is -0.148. The summed E-state index contributed by atoms with van der Waals surface area (Å²) in [6, 6.07) is 10.2. The Morgan fingerprint density at radius 1 is 1.30 bits per heavy atom. The number of allylic oxidation sites excluding steroid dienone is 1. The highest BCUT2D eigenvalue weighted by atomic mass is 16.6. The van der Waals surface area contributed by atoms with Gasteiger partial charge < -0.3 is 9.47 Å². The molecule has 1 aliphatic heterocycles. The molecule has 4 unspecified atom stereocenters. The molecule has 0 amide bonds. The van der Waals surface area contributed by atoms with E-state index < -0.39 is 0 Å². The van der Waals surface area contributed by atoms with Crippen LogP contribution in [0.5, 0.6) is 0 Å². The van der Waals surface area contributed by atoms with E-state index in [-0.39, 0.29) is 23.9 Å². The molecule has 3 nitrogen and oxygen atoms in total. The number of ether oxygens (including phenoxy) is 2. The molecule has 1 saturated carbocycles. The molecule has 0 radical (unpaired) electrons. The molecule has 1 aromatic carbocycles. The van der Waals surface area contributed by atoms with Gasteiger partial charge in [0, 0.05) is 0 Å². The van der Waals surface area contributed by atoms with Crippen LogP contribution < -0.4 is 0 Å². The van der Waals surface area contributed by atoms with Gasteiger partial charge in [-0.3, -0.25) is 4.79 Å². The summed E-state index contributed by atoms with van der Waals surface area (Å²) in [6.07, 6.45) is 6.09. The summed E-state index contributed by atoms with van der Waals surface area (Å²) in [5.74, 6) is 0.0513. The molecule has 3 rings (SSSR count). The molecule has 1 aromatic rings. The maximum absolute atomic E-state index is 12.3. The molecule has 1 saturated heterocycles. The van der Waals surface area contributed by atoms with Gasteiger partial charge in [0.25, 0.3) is 0 Å². The van der Waals surface area contributed by atoms with E-state index in [0.29, 0.717) is 12.7 Å². The molecule has 4 atom stereocenters. The summed E-state index contributed by atoms with van der Waals surface area (Å²) >= 11 is 0. The quantitative estimate of drug-likeness (QED) is 0.480. The molecule has 106 valence electrons. The summed E-state index contributed by atoms with van der Waals surface area (Å²) in [7, 11) is 0. The third-order valence-electron chi connectivity index (χ3n) is 4.23. The number of fused-ring (bicyclic) bond motifs is 1. The highest BCUT2D eigenvalue weighted by molar-refractivity contribution is 5.74. The van der Waals surface area contributed by atoms with Gasteiger partial charge in [-0.1, -0.05) is 42.5 Å². The van der Waals surface area contributed by atoms with Crippen LogP contribution in [0.4, 0.5) is 0 Å². The van der Waals surface area contributed by atoms with Gasteiger partial charge in [-0.15, -0.1) is 0 Å². The number of carbonyl (C=O) groups is 1. The molecule has 0 aromatic heterocycles. The number of esters is 1. The summed E-state index contributed by atoms with van der Waals surface area (Å²) < 4.78 is 11.0. The molecule has 20 heavy (non-hydrogen) atoms. The first-order chi connectivity index (χ1) is 9.79. The molecule has 2 aliphatic rings. The van der Waals surface area contributed by atoms with E-state index in [1.807, 2.05) is 37.3 Å². The largest absolute Gasteiger partial charge is 0.461 e. The van der Waals surface area contributed by atoms with Crippen molar-refractivity contribution in [2.75, 3.05) is 6.61 Å². The van der Waals surface area contributed by atoms with Crippen LogP contribution in [0, 0.1) is 5.92 Å². The van der Waals surface area contributed by atoms with Crippen molar-refractivity contribution in [1.29, 1.82) is 0 Å². The fourth-order valence-corrected chi connectivity index (χ4v) is 3.09. The van der Waals surface area contributed by atoms with Crippen molar-refractivity contribution < 1.29 is 14.3 Å². The Labute approximate surface area is 119 Å². The van der Waals surface area contributed by atoms with E-state index in [4.69, 9.17) is 9.47 Å². The maximum Gasteiger partial charge on any atom is 0.309 e. The van der Waals surface area contributed by atoms with Crippen molar-refractivity contribution in [1.82, 2.24) is 0 Å². The van der Waals surface area contributed by atoms with Gasteiger partial charge in [-0.2, -0.15) is 0 Å². The molecule has 1 heterocycles. The van der Waals surface area contributed by atoms with Crippen LogP contribution in [0.2, 0.25) is 0 Å². The predicted molar refractivity (Wildman–Crippen MR) is 76.3 cm³/mol. The second kappa shape index (κ2) is 5.80. The van der Waals surface area contributed by atoms with Crippen molar-refractivity contribution in [3.05, 3.63) is 48.0 Å². The number of hydrogen-bond donors (Lipinski definition) is 0. The zero-order chi connectivity index (χ0) is 13.9. The normalized spacial score (nSPS) is 31.9. The summed E-state index contributed by atoms with van der Waals surface area (Å²) in [6.45, 7) is 2.28. The zero-order valence-electron chi connectivity index (χ0n) is 11.7. The van der Waals surface area contributed by atoms with Gasteiger partial charge in [0.15, 0.2) is 0 Å². The summed E-state index contributed by atoms with van der Waals surface area (Å²) in [5.41, 5.74) is 1.22. The Morgan fingerprint density at radius 3 is 2.80 bits per heavy atom. The topological polar surface area (TPSA) is 38.8 Å². The molecule has 1 aliphatic carbocycles. The van der Waals surface area contributed by atoms with Crippen LogP contribution in [-0.2, 0) is 14.3 Å². The van der Waals surface area contributed by atoms with Crippen molar-refractivity contribution >= 4 is 5.97 Å². The van der Waals surface area contributed by atoms with E-state index in [2.05, 4.69) is 12.1 Å². The van der Waals surface area contributed by atoms with Crippen LogP contribution in [-0.4, -0.2) is 24.8 Å². The Hall–Kier alpha value is -1.61. The number of benzene rings is 1. The van der Waals surface area contributed by atoms with Crippen LogP contribution >= 0.6 is 0 Å². The van der Waals surface area contributed by atoms with Gasteiger partial charge >= 0.3 is 5.97 Å². The zero-order valence-corrected chi connectivity index (χ0v) is 11.7. The van der Waals surface area contributed by atoms with Gasteiger partial charge in [0.05, 0.1) is 18.1 Å². The van der Waals surface area contributed by atoms with Crippen molar-refractivity contribution in [2.24, 2.45) is 5.92 Å². The van der Waals surface area contributed by atoms with Crippen molar-refractivity contribution in [3.8, 4) is 0 Å². The van der Waals surface area contributed by atoms with Crippen LogP contribution in [0.1, 0.15) is 31.2 Å². The number of epoxide rings is 1. The fourth-order valence-electron chi connectivity index (χ4n) is 3.09. The van der Waals surface area contributed by atoms with E-state index >= 15 is 0 Å². The van der Waals surface area contributed by atoms with Gasteiger partial charge in [0.1, 0.15) is 6.61 Å². The lowest BCUT2D eigenvalue weighted by atomic mass is 9.75. The monoisotopic (exact) mass is 272 g/mol. The van der Waals surface area contributed by atoms with Gasteiger partial charge in [-0.25, -0.2) is 0 Å². The maximum atomic E-state index is 12.3. The minimum Gasteiger partial charge on any atom is -0.461 e. The number of hydrogen-bond acceptors (Lipinski definition) is 3. The van der Waals surface area contributed by atoms with Crippen LogP contribution in [0.3, 0.4) is 0 Å². The molecule has 0 bridgehead atoms. The summed E-state index contributed by atoms with van der Waals surface area (Å²) in [5, 5.41) is 0. The van der Waals surface area contributed by atoms with E-state index in [9.17, 15) is 4.79 Å². The SMILES string of the molecule is CC=CCOC(=O)C1CC2OC2CC1c1ccccc1. The number of carbonyl (C=O) groups excluding carboxylic acids is 1. The minimum absolute atomic E-state index is 0.0774. The molecular formula is C17H20O3. The second-order valence-corrected chi connectivity index (χ2v) is 5.51. The lowest BCUT2D eigenvalue weighted by Gasteiger charge is -2.28. The molecule has 2 fully saturated rings. The van der Waals surface area contributed by atoms with E-state index in [0.717, 1.165) is 12.8 Å². The first-order valence-corrected chi connectivity index (χ1v) is 7.27. The molecule has 0 N–H and O–H groups in total. The van der Waals surface area contributed by atoms with E-state index in [1.165, 1.54) is 5.56 Å². The van der Waals surface area contributed by atoms with E-state index in [1.54, 1.807) is 0 Å². The Kier molecular flexibility index (Phi) is 3.88. The Morgan fingerprint density at radius 2 is 2.05 bits per heavy atom. The standard InChI is InChI=1S/C17H20O3/c1-2-3-9-19-17(18)14-11-16-15(20-16)10-13(14)12-7-5-4-6-8-12/h2-8,13-16H,9-11H2,1H3. The molecular weight excluding hydrogens is 252 g/mol. The minimum atomic E-state index is -0.0918. The van der Waals surface area contributed by atoms with Gasteiger partial charge in [0.2, 0.25) is 0 Å². The van der Waals surface area contributed by atoms with Crippen LogP contribution in [0.15, 0.2) is 42.5 Å². The third kappa shape index (κ3) is 2.78. The molecule has 0 spiro atoms. The Bertz CT molecular complexity index is 494. The average Bonchev–Trinajstić information content (AvgIpc) is 3.25. The van der Waals surface area contributed by atoms with Crippen molar-refractivity contribution in [2.45, 2.75) is 37.9 Å². The summed E-state index contributed by atoms with van der Waals surface area (Å²) in [4.78, 5) is 12.3.